The summed E-state index contributed by atoms with van der Waals surface area (Å²) in [6.07, 6.45) is -1.34. The topological polar surface area (TPSA) is 108 Å². The van der Waals surface area contributed by atoms with Crippen LogP contribution < -0.4 is 16.4 Å². The van der Waals surface area contributed by atoms with Crippen LogP contribution in [0.3, 0.4) is 0 Å². The normalized spacial score (nSPS) is 10.9. The van der Waals surface area contributed by atoms with E-state index in [1.54, 1.807) is 30.8 Å². The average Bonchev–Trinajstić information content (AvgIpc) is 2.75. The van der Waals surface area contributed by atoms with Gasteiger partial charge in [-0.2, -0.15) is 30.2 Å². The standard InChI is InChI=1S/C20H21F3N2O2S.C2H6.CH2N2/c1-12-6-4-9-16(17(12)19(27)24-13(2)11-28-3)18(26)25-15-8-5-7-14(10-15)20(21,22)23;1-2;2-1-3/h4-10,13H,11H2,1-3H3,(H,24,27)(H,25,26);1-2H3;2H2. The van der Waals surface area contributed by atoms with Gasteiger partial charge in [0.2, 0.25) is 0 Å². The molecule has 10 heteroatoms. The first-order valence-electron chi connectivity index (χ1n) is 10.0. The van der Waals surface area contributed by atoms with Gasteiger partial charge in [0.1, 0.15) is 0 Å². The Bertz CT molecular complexity index is 959. The molecule has 0 heterocycles. The number of carbonyl (C=O) groups is 2. The molecule has 1 atom stereocenters. The molecule has 0 aliphatic heterocycles. The number of anilines is 1. The van der Waals surface area contributed by atoms with E-state index in [1.165, 1.54) is 24.4 Å². The Morgan fingerprint density at radius 3 is 2.27 bits per heavy atom. The van der Waals surface area contributed by atoms with Crippen LogP contribution in [-0.4, -0.2) is 29.9 Å². The van der Waals surface area contributed by atoms with E-state index in [-0.39, 0.29) is 22.9 Å². The lowest BCUT2D eigenvalue weighted by Gasteiger charge is -2.17. The van der Waals surface area contributed by atoms with Crippen LogP contribution in [0.2, 0.25) is 0 Å². The van der Waals surface area contributed by atoms with Crippen LogP contribution in [0.5, 0.6) is 0 Å². The Balaban J connectivity index is 0.00000189. The molecular formula is C23H29F3N4O2S. The van der Waals surface area contributed by atoms with E-state index < -0.39 is 23.6 Å². The van der Waals surface area contributed by atoms with Crippen LogP contribution in [0.1, 0.15) is 52.6 Å². The number of benzene rings is 2. The van der Waals surface area contributed by atoms with Gasteiger partial charge >= 0.3 is 6.18 Å². The van der Waals surface area contributed by atoms with Crippen molar-refractivity contribution in [3.63, 3.8) is 0 Å². The number of halogens is 3. The van der Waals surface area contributed by atoms with Gasteiger partial charge in [0.25, 0.3) is 11.8 Å². The number of hydrogen-bond donors (Lipinski definition) is 3. The third-order valence-electron chi connectivity index (χ3n) is 3.99. The van der Waals surface area contributed by atoms with Crippen LogP contribution in [0, 0.1) is 18.4 Å². The Morgan fingerprint density at radius 2 is 1.73 bits per heavy atom. The Hall–Kier alpha value is -3.19. The summed E-state index contributed by atoms with van der Waals surface area (Å²) in [7, 11) is 0. The van der Waals surface area contributed by atoms with Gasteiger partial charge in [-0.25, -0.2) is 0 Å². The molecule has 4 N–H and O–H groups in total. The first-order valence-corrected chi connectivity index (χ1v) is 11.4. The number of aryl methyl sites for hydroxylation is 1. The maximum Gasteiger partial charge on any atom is 0.416 e. The van der Waals surface area contributed by atoms with Crippen LogP contribution in [0.4, 0.5) is 18.9 Å². The number of nitriles is 1. The molecule has 2 amide bonds. The molecule has 2 aromatic rings. The average molecular weight is 483 g/mol. The van der Waals surface area contributed by atoms with Crippen molar-refractivity contribution in [1.82, 2.24) is 5.32 Å². The first kappa shape index (κ1) is 29.8. The number of alkyl halides is 3. The minimum Gasteiger partial charge on any atom is -0.349 e. The van der Waals surface area contributed by atoms with E-state index in [2.05, 4.69) is 16.4 Å². The van der Waals surface area contributed by atoms with Gasteiger partial charge in [-0.1, -0.05) is 32.0 Å². The second-order valence-corrected chi connectivity index (χ2v) is 7.40. The summed E-state index contributed by atoms with van der Waals surface area (Å²) in [5.41, 5.74) is 4.21. The second kappa shape index (κ2) is 14.8. The molecule has 0 saturated heterocycles. The number of amides is 2. The monoisotopic (exact) mass is 482 g/mol. The number of nitrogens with two attached hydrogens (primary N) is 1. The first-order chi connectivity index (χ1) is 15.5. The maximum absolute atomic E-state index is 12.9. The highest BCUT2D eigenvalue weighted by molar-refractivity contribution is 7.98. The minimum atomic E-state index is -4.51. The third-order valence-corrected chi connectivity index (χ3v) is 4.82. The zero-order valence-electron chi connectivity index (χ0n) is 19.2. The summed E-state index contributed by atoms with van der Waals surface area (Å²) in [4.78, 5) is 25.4. The lowest BCUT2D eigenvalue weighted by atomic mass is 10.00. The molecule has 2 rings (SSSR count). The number of nitrogens with one attached hydrogen (secondary N) is 2. The summed E-state index contributed by atoms with van der Waals surface area (Å²) in [6, 6.07) is 9.07. The third kappa shape index (κ3) is 9.87. The van der Waals surface area contributed by atoms with Crippen molar-refractivity contribution < 1.29 is 22.8 Å². The number of hydrogen-bond acceptors (Lipinski definition) is 5. The fourth-order valence-electron chi connectivity index (χ4n) is 2.72. The summed E-state index contributed by atoms with van der Waals surface area (Å²) in [5, 5.41) is 12.4. The van der Waals surface area contributed by atoms with E-state index in [4.69, 9.17) is 5.26 Å². The van der Waals surface area contributed by atoms with Crippen molar-refractivity contribution in [2.24, 2.45) is 5.73 Å². The Labute approximate surface area is 196 Å². The summed E-state index contributed by atoms with van der Waals surface area (Å²) in [6.45, 7) is 7.56. The smallest absolute Gasteiger partial charge is 0.349 e. The van der Waals surface area contributed by atoms with Gasteiger partial charge in [0.05, 0.1) is 16.7 Å². The van der Waals surface area contributed by atoms with E-state index in [9.17, 15) is 22.8 Å². The highest BCUT2D eigenvalue weighted by Crippen LogP contribution is 2.30. The molecular weight excluding hydrogens is 453 g/mol. The predicted octanol–water partition coefficient (Wildman–Crippen LogP) is 5.20. The van der Waals surface area contributed by atoms with E-state index in [0.717, 1.165) is 12.1 Å². The van der Waals surface area contributed by atoms with Crippen LogP contribution >= 0.6 is 11.8 Å². The van der Waals surface area contributed by atoms with Crippen LogP contribution in [0.25, 0.3) is 0 Å². The minimum absolute atomic E-state index is 0.00319. The van der Waals surface area contributed by atoms with E-state index in [1.807, 2.05) is 27.0 Å². The molecule has 6 nitrogen and oxygen atoms in total. The quantitative estimate of drug-likeness (QED) is 0.387. The molecule has 2 aromatic carbocycles. The summed E-state index contributed by atoms with van der Waals surface area (Å²) < 4.78 is 38.6. The second-order valence-electron chi connectivity index (χ2n) is 6.49. The van der Waals surface area contributed by atoms with Crippen LogP contribution in [-0.2, 0) is 6.18 Å². The lowest BCUT2D eigenvalue weighted by Crippen LogP contribution is -2.36. The molecule has 0 bridgehead atoms. The molecule has 0 spiro atoms. The van der Waals surface area contributed by atoms with Crippen molar-refractivity contribution >= 4 is 29.3 Å². The maximum atomic E-state index is 12.9. The van der Waals surface area contributed by atoms with Gasteiger partial charge in [-0.05, 0) is 49.9 Å². The van der Waals surface area contributed by atoms with Crippen molar-refractivity contribution in [2.45, 2.75) is 39.9 Å². The zero-order chi connectivity index (χ0) is 25.6. The zero-order valence-corrected chi connectivity index (χ0v) is 20.0. The van der Waals surface area contributed by atoms with Gasteiger partial charge in [0.15, 0.2) is 6.19 Å². The summed E-state index contributed by atoms with van der Waals surface area (Å²) >= 11 is 1.58. The highest BCUT2D eigenvalue weighted by Gasteiger charge is 2.30. The van der Waals surface area contributed by atoms with Gasteiger partial charge in [-0.15, -0.1) is 0 Å². The van der Waals surface area contributed by atoms with Gasteiger partial charge < -0.3 is 16.4 Å². The molecule has 1 unspecified atom stereocenters. The van der Waals surface area contributed by atoms with Crippen molar-refractivity contribution in [2.75, 3.05) is 17.3 Å². The van der Waals surface area contributed by atoms with Crippen molar-refractivity contribution in [3.8, 4) is 6.19 Å². The lowest BCUT2D eigenvalue weighted by molar-refractivity contribution is -0.137. The fourth-order valence-corrected chi connectivity index (χ4v) is 3.30. The Kier molecular flexibility index (Phi) is 13.4. The molecule has 0 aromatic heterocycles. The highest BCUT2D eigenvalue weighted by atomic mass is 32.2. The predicted molar refractivity (Wildman–Crippen MR) is 127 cm³/mol. The number of carbonyl (C=O) groups excluding carboxylic acids is 2. The molecule has 180 valence electrons. The molecule has 0 fully saturated rings. The number of rotatable bonds is 6. The SMILES string of the molecule is CC.CSCC(C)NC(=O)c1c(C)cccc1C(=O)Nc1cccc(C(F)(F)F)c1.N#CN. The molecule has 0 saturated carbocycles. The van der Waals surface area contributed by atoms with Gasteiger partial charge in [-0.3, -0.25) is 9.59 Å². The molecule has 33 heavy (non-hydrogen) atoms. The fraction of sp³-hybridized carbons (Fsp3) is 0.348. The van der Waals surface area contributed by atoms with E-state index in [0.29, 0.717) is 11.3 Å². The molecule has 0 aliphatic carbocycles. The summed E-state index contributed by atoms with van der Waals surface area (Å²) in [5.74, 6) is -0.330. The number of thioether (sulfide) groups is 1. The van der Waals surface area contributed by atoms with Crippen molar-refractivity contribution in [1.29, 1.82) is 5.26 Å². The molecule has 0 radical (unpaired) electrons. The van der Waals surface area contributed by atoms with E-state index >= 15 is 0 Å². The van der Waals surface area contributed by atoms with Gasteiger partial charge in [0, 0.05) is 17.5 Å². The van der Waals surface area contributed by atoms with Crippen molar-refractivity contribution in [3.05, 3.63) is 64.7 Å². The molecule has 0 aliphatic rings. The largest absolute Gasteiger partial charge is 0.416 e. The number of nitrogens with zero attached hydrogens (tertiary/aromatic N) is 1. The van der Waals surface area contributed by atoms with Crippen LogP contribution in [0.15, 0.2) is 42.5 Å². The Morgan fingerprint density at radius 1 is 1.15 bits per heavy atom.